The Morgan fingerprint density at radius 3 is 2.67 bits per heavy atom. The number of hydrogen-bond donors (Lipinski definition) is 0. The third kappa shape index (κ3) is 3.86. The van der Waals surface area contributed by atoms with E-state index >= 15 is 0 Å². The topological polar surface area (TPSA) is 37.8 Å². The first-order valence-electron chi connectivity index (χ1n) is 9.58. The molecule has 2 aliphatic rings. The van der Waals surface area contributed by atoms with Crippen LogP contribution in [0.3, 0.4) is 0 Å². The lowest BCUT2D eigenvalue weighted by molar-refractivity contribution is 0.0288. The molecule has 2 aliphatic heterocycles. The number of fused-ring (bicyclic) bond motifs is 1. The first-order valence-corrected chi connectivity index (χ1v) is 9.58. The zero-order valence-electron chi connectivity index (χ0n) is 15.8. The van der Waals surface area contributed by atoms with Gasteiger partial charge < -0.3 is 14.4 Å². The maximum Gasteiger partial charge on any atom is 0.214 e. The summed E-state index contributed by atoms with van der Waals surface area (Å²) in [6.45, 7) is 5.10. The van der Waals surface area contributed by atoms with Gasteiger partial charge in [-0.1, -0.05) is 6.07 Å². The lowest BCUT2D eigenvalue weighted by Crippen LogP contribution is -2.62. The van der Waals surface area contributed by atoms with E-state index in [1.807, 2.05) is 12.1 Å². The van der Waals surface area contributed by atoms with Gasteiger partial charge >= 0.3 is 0 Å². The monoisotopic (exact) mass is 371 g/mol. The molecule has 1 aromatic heterocycles. The van der Waals surface area contributed by atoms with E-state index in [-0.39, 0.29) is 11.9 Å². The molecule has 0 aliphatic carbocycles. The Kier molecular flexibility index (Phi) is 5.16. The van der Waals surface area contributed by atoms with Crippen molar-refractivity contribution in [1.29, 1.82) is 0 Å². The van der Waals surface area contributed by atoms with Gasteiger partial charge in [-0.05, 0) is 50.1 Å². The molecule has 1 aromatic carbocycles. The number of ether oxygens (including phenoxy) is 2. The van der Waals surface area contributed by atoms with Gasteiger partial charge in [0.05, 0.1) is 7.11 Å². The standard InChI is InChI=1S/C21H26FN3O2/c1-15-19-11-10-18(27-17-8-6-16(22)7-9-17)14-24(19)12-13-25(15)20-4-3-5-21(23-20)26-2/h3-9,15,18-19H,10-14H2,1-2H3. The van der Waals surface area contributed by atoms with Gasteiger partial charge in [-0.25, -0.2) is 4.39 Å². The van der Waals surface area contributed by atoms with Crippen LogP contribution in [-0.2, 0) is 0 Å². The summed E-state index contributed by atoms with van der Waals surface area (Å²) in [5, 5.41) is 0. The van der Waals surface area contributed by atoms with E-state index in [0.717, 1.165) is 44.0 Å². The molecular weight excluding hydrogens is 345 g/mol. The molecule has 3 atom stereocenters. The average molecular weight is 371 g/mol. The van der Waals surface area contributed by atoms with Crippen molar-refractivity contribution in [2.24, 2.45) is 0 Å². The number of anilines is 1. The number of nitrogens with zero attached hydrogens (tertiary/aromatic N) is 3. The fourth-order valence-electron chi connectivity index (χ4n) is 4.28. The first-order chi connectivity index (χ1) is 13.1. The zero-order chi connectivity index (χ0) is 18.8. The molecular formula is C21H26FN3O2. The molecule has 6 heteroatoms. The van der Waals surface area contributed by atoms with Crippen LogP contribution in [-0.4, -0.2) is 54.8 Å². The summed E-state index contributed by atoms with van der Waals surface area (Å²) >= 11 is 0. The van der Waals surface area contributed by atoms with E-state index in [2.05, 4.69) is 27.8 Å². The molecule has 0 spiro atoms. The number of halogens is 1. The van der Waals surface area contributed by atoms with Crippen molar-refractivity contribution in [1.82, 2.24) is 9.88 Å². The second-order valence-corrected chi connectivity index (χ2v) is 7.31. The minimum atomic E-state index is -0.234. The summed E-state index contributed by atoms with van der Waals surface area (Å²) in [7, 11) is 1.65. The molecule has 2 fully saturated rings. The fraction of sp³-hybridized carbons (Fsp3) is 0.476. The lowest BCUT2D eigenvalue weighted by atomic mass is 9.91. The lowest BCUT2D eigenvalue weighted by Gasteiger charge is -2.50. The molecule has 144 valence electrons. The average Bonchev–Trinajstić information content (AvgIpc) is 2.70. The minimum Gasteiger partial charge on any atom is -0.489 e. The first kappa shape index (κ1) is 18.0. The van der Waals surface area contributed by atoms with Crippen molar-refractivity contribution in [3.05, 3.63) is 48.3 Å². The highest BCUT2D eigenvalue weighted by Crippen LogP contribution is 2.31. The van der Waals surface area contributed by atoms with Crippen LogP contribution in [0.1, 0.15) is 19.8 Å². The zero-order valence-corrected chi connectivity index (χ0v) is 15.8. The van der Waals surface area contributed by atoms with Gasteiger partial charge in [-0.3, -0.25) is 4.90 Å². The summed E-state index contributed by atoms with van der Waals surface area (Å²) in [6.07, 6.45) is 2.23. The molecule has 5 nitrogen and oxygen atoms in total. The largest absolute Gasteiger partial charge is 0.489 e. The molecule has 0 N–H and O–H groups in total. The van der Waals surface area contributed by atoms with Crippen LogP contribution in [0.4, 0.5) is 10.2 Å². The van der Waals surface area contributed by atoms with E-state index in [1.54, 1.807) is 19.2 Å². The molecule has 4 rings (SSSR count). The second-order valence-electron chi connectivity index (χ2n) is 7.31. The molecule has 3 unspecified atom stereocenters. The Labute approximate surface area is 159 Å². The van der Waals surface area contributed by atoms with E-state index in [9.17, 15) is 4.39 Å². The van der Waals surface area contributed by atoms with Crippen molar-refractivity contribution < 1.29 is 13.9 Å². The van der Waals surface area contributed by atoms with E-state index in [1.165, 1.54) is 12.1 Å². The maximum absolute atomic E-state index is 13.1. The van der Waals surface area contributed by atoms with Gasteiger partial charge in [0.1, 0.15) is 23.5 Å². The summed E-state index contributed by atoms with van der Waals surface area (Å²) in [5.74, 6) is 2.14. The Morgan fingerprint density at radius 2 is 1.89 bits per heavy atom. The molecule has 0 saturated carbocycles. The maximum atomic E-state index is 13.1. The molecule has 0 amide bonds. The van der Waals surface area contributed by atoms with E-state index in [0.29, 0.717) is 18.0 Å². The SMILES string of the molecule is COc1cccc(N2CCN3CC(Oc4ccc(F)cc4)CCC3C2C)n1. The molecule has 2 saturated heterocycles. The highest BCUT2D eigenvalue weighted by atomic mass is 19.1. The van der Waals surface area contributed by atoms with Gasteiger partial charge in [0.25, 0.3) is 0 Å². The number of methoxy groups -OCH3 is 1. The number of piperazine rings is 1. The molecule has 0 bridgehead atoms. The van der Waals surface area contributed by atoms with Crippen molar-refractivity contribution in [2.75, 3.05) is 31.6 Å². The van der Waals surface area contributed by atoms with Crippen LogP contribution in [0, 0.1) is 5.82 Å². The van der Waals surface area contributed by atoms with Gasteiger partial charge in [0.15, 0.2) is 0 Å². The van der Waals surface area contributed by atoms with Gasteiger partial charge in [0, 0.05) is 37.8 Å². The van der Waals surface area contributed by atoms with Crippen LogP contribution >= 0.6 is 0 Å². The quantitative estimate of drug-likeness (QED) is 0.824. The van der Waals surface area contributed by atoms with Crippen molar-refractivity contribution in [3.63, 3.8) is 0 Å². The van der Waals surface area contributed by atoms with E-state index in [4.69, 9.17) is 9.47 Å². The third-order valence-electron chi connectivity index (χ3n) is 5.70. The molecule has 2 aromatic rings. The Morgan fingerprint density at radius 1 is 1.07 bits per heavy atom. The number of aromatic nitrogens is 1. The highest BCUT2D eigenvalue weighted by Gasteiger charge is 2.38. The summed E-state index contributed by atoms with van der Waals surface area (Å²) < 4.78 is 24.4. The smallest absolute Gasteiger partial charge is 0.214 e. The van der Waals surface area contributed by atoms with Crippen molar-refractivity contribution in [2.45, 2.75) is 38.0 Å². The predicted octanol–water partition coefficient (Wildman–Crippen LogP) is 3.35. The number of pyridine rings is 1. The van der Waals surface area contributed by atoms with Crippen LogP contribution < -0.4 is 14.4 Å². The molecule has 27 heavy (non-hydrogen) atoms. The Bertz CT molecular complexity index is 770. The van der Waals surface area contributed by atoms with Crippen molar-refractivity contribution >= 4 is 5.82 Å². The van der Waals surface area contributed by atoms with Crippen LogP contribution in [0.25, 0.3) is 0 Å². The van der Waals surface area contributed by atoms with Gasteiger partial charge in [0.2, 0.25) is 5.88 Å². The molecule has 3 heterocycles. The highest BCUT2D eigenvalue weighted by molar-refractivity contribution is 5.43. The second kappa shape index (κ2) is 7.72. The van der Waals surface area contributed by atoms with Crippen LogP contribution in [0.15, 0.2) is 42.5 Å². The van der Waals surface area contributed by atoms with Gasteiger partial charge in [-0.15, -0.1) is 0 Å². The van der Waals surface area contributed by atoms with Crippen LogP contribution in [0.2, 0.25) is 0 Å². The minimum absolute atomic E-state index is 0.153. The number of hydrogen-bond acceptors (Lipinski definition) is 5. The van der Waals surface area contributed by atoms with E-state index < -0.39 is 0 Å². The Hall–Kier alpha value is -2.34. The summed E-state index contributed by atoms with van der Waals surface area (Å²) in [5.41, 5.74) is 0. The number of benzene rings is 1. The molecule has 0 radical (unpaired) electrons. The Balaban J connectivity index is 1.40. The fourth-order valence-corrected chi connectivity index (χ4v) is 4.28. The van der Waals surface area contributed by atoms with Crippen LogP contribution in [0.5, 0.6) is 11.6 Å². The normalized spacial score (nSPS) is 25.7. The predicted molar refractivity (Wildman–Crippen MR) is 103 cm³/mol. The van der Waals surface area contributed by atoms with Gasteiger partial charge in [-0.2, -0.15) is 4.98 Å². The summed E-state index contributed by atoms with van der Waals surface area (Å²) in [4.78, 5) is 9.52. The third-order valence-corrected chi connectivity index (χ3v) is 5.70. The van der Waals surface area contributed by atoms with Crippen molar-refractivity contribution in [3.8, 4) is 11.6 Å². The number of piperidine rings is 1. The summed E-state index contributed by atoms with van der Waals surface area (Å²) in [6, 6.07) is 13.1. The number of rotatable bonds is 4.